The van der Waals surface area contributed by atoms with Crippen molar-refractivity contribution in [3.8, 4) is 5.75 Å². The van der Waals surface area contributed by atoms with Crippen LogP contribution >= 0.6 is 23.1 Å². The van der Waals surface area contributed by atoms with E-state index in [1.807, 2.05) is 6.92 Å². The van der Waals surface area contributed by atoms with Gasteiger partial charge in [0.25, 0.3) is 5.91 Å². The first-order chi connectivity index (χ1) is 10.1. The van der Waals surface area contributed by atoms with E-state index in [0.717, 1.165) is 10.1 Å². The average Bonchev–Trinajstić information content (AvgIpc) is 2.86. The van der Waals surface area contributed by atoms with Gasteiger partial charge < -0.3 is 4.74 Å². The number of hydrogen-bond acceptors (Lipinski definition) is 6. The van der Waals surface area contributed by atoms with Crippen LogP contribution in [0.4, 0.5) is 5.13 Å². The van der Waals surface area contributed by atoms with Gasteiger partial charge in [-0.3, -0.25) is 10.1 Å². The second-order valence-electron chi connectivity index (χ2n) is 4.45. The van der Waals surface area contributed by atoms with Gasteiger partial charge in [-0.2, -0.15) is 0 Å². The molecule has 0 saturated heterocycles. The smallest absolute Gasteiger partial charge is 0.257 e. The fourth-order valence-electron chi connectivity index (χ4n) is 1.55. The van der Waals surface area contributed by atoms with Crippen molar-refractivity contribution >= 4 is 34.1 Å². The largest absolute Gasteiger partial charge is 0.494 e. The number of rotatable bonds is 6. The van der Waals surface area contributed by atoms with Crippen LogP contribution in [0.15, 0.2) is 28.6 Å². The van der Waals surface area contributed by atoms with Gasteiger partial charge in [-0.15, -0.1) is 10.2 Å². The van der Waals surface area contributed by atoms with Crippen LogP contribution < -0.4 is 10.1 Å². The van der Waals surface area contributed by atoms with E-state index in [-0.39, 0.29) is 5.91 Å². The Hall–Kier alpha value is -1.60. The maximum Gasteiger partial charge on any atom is 0.257 e. The van der Waals surface area contributed by atoms with Crippen molar-refractivity contribution in [2.24, 2.45) is 0 Å². The molecule has 7 heteroatoms. The zero-order valence-corrected chi connectivity index (χ0v) is 13.8. The van der Waals surface area contributed by atoms with Crippen molar-refractivity contribution in [2.75, 3.05) is 11.9 Å². The Balaban J connectivity index is 1.98. The molecule has 21 heavy (non-hydrogen) atoms. The van der Waals surface area contributed by atoms with Crippen LogP contribution in [0.3, 0.4) is 0 Å². The molecule has 0 aliphatic heterocycles. The number of aromatic nitrogens is 2. The molecule has 2 aromatic rings. The van der Waals surface area contributed by atoms with Gasteiger partial charge >= 0.3 is 0 Å². The van der Waals surface area contributed by atoms with Crippen LogP contribution in [-0.2, 0) is 0 Å². The van der Waals surface area contributed by atoms with Crippen LogP contribution in [-0.4, -0.2) is 28.0 Å². The van der Waals surface area contributed by atoms with Gasteiger partial charge in [0.1, 0.15) is 5.75 Å². The van der Waals surface area contributed by atoms with Crippen LogP contribution in [0.1, 0.15) is 31.1 Å². The van der Waals surface area contributed by atoms with Crippen molar-refractivity contribution in [3.05, 3.63) is 29.8 Å². The number of carbonyl (C=O) groups excluding carboxylic acids is 1. The highest BCUT2D eigenvalue weighted by molar-refractivity contribution is 8.01. The molecule has 0 unspecified atom stereocenters. The molecule has 0 atom stereocenters. The van der Waals surface area contributed by atoms with Crippen LogP contribution in [0.2, 0.25) is 0 Å². The zero-order chi connectivity index (χ0) is 15.2. The zero-order valence-electron chi connectivity index (χ0n) is 12.1. The van der Waals surface area contributed by atoms with Crippen molar-refractivity contribution in [2.45, 2.75) is 30.4 Å². The number of carbonyl (C=O) groups is 1. The van der Waals surface area contributed by atoms with Gasteiger partial charge in [0.05, 0.1) is 6.61 Å². The third-order valence-electron chi connectivity index (χ3n) is 2.39. The first-order valence-corrected chi connectivity index (χ1v) is 8.32. The fourth-order valence-corrected chi connectivity index (χ4v) is 3.52. The topological polar surface area (TPSA) is 64.1 Å². The van der Waals surface area contributed by atoms with Crippen molar-refractivity contribution in [1.29, 1.82) is 0 Å². The third kappa shape index (κ3) is 4.71. The standard InChI is InChI=1S/C14H17N3O2S2/c1-4-19-11-7-5-10(6-8-11)12(18)15-13-16-17-14(21-13)20-9(2)3/h5-9H,4H2,1-3H3,(H,15,16,18). The van der Waals surface area contributed by atoms with Gasteiger partial charge in [-0.1, -0.05) is 36.9 Å². The number of thioether (sulfide) groups is 1. The number of benzene rings is 1. The monoisotopic (exact) mass is 323 g/mol. The summed E-state index contributed by atoms with van der Waals surface area (Å²) in [6.45, 7) is 6.70. The van der Waals surface area contributed by atoms with E-state index in [1.165, 1.54) is 11.3 Å². The Bertz CT molecular complexity index is 597. The van der Waals surface area contributed by atoms with E-state index < -0.39 is 0 Å². The Kier molecular flexibility index (Phi) is 5.58. The average molecular weight is 323 g/mol. The SMILES string of the molecule is CCOc1ccc(C(=O)Nc2nnc(SC(C)C)s2)cc1. The van der Waals surface area contributed by atoms with Crippen molar-refractivity contribution < 1.29 is 9.53 Å². The Labute approximate surface area is 132 Å². The lowest BCUT2D eigenvalue weighted by Crippen LogP contribution is -2.11. The number of nitrogens with zero attached hydrogens (tertiary/aromatic N) is 2. The molecule has 1 aromatic heterocycles. The molecule has 112 valence electrons. The fraction of sp³-hybridized carbons (Fsp3) is 0.357. The number of nitrogens with one attached hydrogen (secondary N) is 1. The van der Waals surface area contributed by atoms with E-state index in [2.05, 4.69) is 29.4 Å². The predicted molar refractivity (Wildman–Crippen MR) is 86.5 cm³/mol. The van der Waals surface area contributed by atoms with Crippen molar-refractivity contribution in [3.63, 3.8) is 0 Å². The second-order valence-corrected chi connectivity index (χ2v) is 7.25. The summed E-state index contributed by atoms with van der Waals surface area (Å²) in [5.41, 5.74) is 0.562. The normalized spacial score (nSPS) is 10.7. The van der Waals surface area contributed by atoms with Gasteiger partial charge in [0.15, 0.2) is 4.34 Å². The number of amides is 1. The summed E-state index contributed by atoms with van der Waals surface area (Å²) >= 11 is 3.01. The molecular formula is C14H17N3O2S2. The molecule has 0 spiro atoms. The first kappa shape index (κ1) is 15.8. The minimum absolute atomic E-state index is 0.199. The Morgan fingerprint density at radius 1 is 1.33 bits per heavy atom. The number of hydrogen-bond donors (Lipinski definition) is 1. The maximum atomic E-state index is 12.1. The highest BCUT2D eigenvalue weighted by Gasteiger charge is 2.11. The molecule has 1 heterocycles. The molecule has 5 nitrogen and oxygen atoms in total. The molecule has 0 aliphatic rings. The molecule has 1 amide bonds. The summed E-state index contributed by atoms with van der Waals surface area (Å²) in [5.74, 6) is 0.552. The molecule has 0 fully saturated rings. The van der Waals surface area contributed by atoms with E-state index in [1.54, 1.807) is 36.0 Å². The highest BCUT2D eigenvalue weighted by atomic mass is 32.2. The summed E-state index contributed by atoms with van der Waals surface area (Å²) in [5, 5.41) is 11.7. The summed E-state index contributed by atoms with van der Waals surface area (Å²) in [6.07, 6.45) is 0. The van der Waals surface area contributed by atoms with Gasteiger partial charge in [0, 0.05) is 10.8 Å². The molecule has 1 N–H and O–H groups in total. The minimum atomic E-state index is -0.199. The molecular weight excluding hydrogens is 306 g/mol. The van der Waals surface area contributed by atoms with E-state index in [0.29, 0.717) is 22.6 Å². The summed E-state index contributed by atoms with van der Waals surface area (Å²) in [4.78, 5) is 12.1. The van der Waals surface area contributed by atoms with Gasteiger partial charge in [-0.25, -0.2) is 0 Å². The van der Waals surface area contributed by atoms with Crippen molar-refractivity contribution in [1.82, 2.24) is 10.2 Å². The van der Waals surface area contributed by atoms with Crippen LogP contribution in [0, 0.1) is 0 Å². The van der Waals surface area contributed by atoms with Crippen LogP contribution in [0.5, 0.6) is 5.75 Å². The Morgan fingerprint density at radius 3 is 2.67 bits per heavy atom. The predicted octanol–water partition coefficient (Wildman–Crippen LogP) is 3.69. The summed E-state index contributed by atoms with van der Waals surface area (Å²) in [6, 6.07) is 7.01. The number of anilines is 1. The lowest BCUT2D eigenvalue weighted by molar-refractivity contribution is 0.102. The maximum absolute atomic E-state index is 12.1. The molecule has 1 aromatic carbocycles. The summed E-state index contributed by atoms with van der Waals surface area (Å²) < 4.78 is 6.20. The highest BCUT2D eigenvalue weighted by Crippen LogP contribution is 2.28. The first-order valence-electron chi connectivity index (χ1n) is 6.63. The van der Waals surface area contributed by atoms with Gasteiger partial charge in [-0.05, 0) is 31.2 Å². The van der Waals surface area contributed by atoms with Gasteiger partial charge in [0.2, 0.25) is 5.13 Å². The lowest BCUT2D eigenvalue weighted by atomic mass is 10.2. The molecule has 0 saturated carbocycles. The van der Waals surface area contributed by atoms with E-state index >= 15 is 0 Å². The second kappa shape index (κ2) is 7.42. The number of ether oxygens (including phenoxy) is 1. The lowest BCUT2D eigenvalue weighted by Gasteiger charge is -2.04. The summed E-state index contributed by atoms with van der Waals surface area (Å²) in [7, 11) is 0. The van der Waals surface area contributed by atoms with Crippen LogP contribution in [0.25, 0.3) is 0 Å². The quantitative estimate of drug-likeness (QED) is 0.649. The van der Waals surface area contributed by atoms with E-state index in [4.69, 9.17) is 4.74 Å². The molecule has 2 rings (SSSR count). The molecule has 0 aliphatic carbocycles. The molecule has 0 radical (unpaired) electrons. The van der Waals surface area contributed by atoms with E-state index in [9.17, 15) is 4.79 Å². The Morgan fingerprint density at radius 2 is 2.05 bits per heavy atom. The minimum Gasteiger partial charge on any atom is -0.494 e. The molecule has 0 bridgehead atoms. The third-order valence-corrected chi connectivity index (χ3v) is 4.32.